The molecule has 1 amide bonds. The molecule has 6 N–H and O–H groups in total. The number of anilines is 3. The van der Waals surface area contributed by atoms with Gasteiger partial charge < -0.3 is 22.1 Å². The Hall–Kier alpha value is -2.60. The van der Waals surface area contributed by atoms with Crippen molar-refractivity contribution in [2.45, 2.75) is 0 Å². The van der Waals surface area contributed by atoms with Gasteiger partial charge in [0.1, 0.15) is 0 Å². The van der Waals surface area contributed by atoms with Crippen LogP contribution in [0.2, 0.25) is 0 Å². The molecule has 0 aliphatic heterocycles. The zero-order valence-corrected chi connectivity index (χ0v) is 11.4. The number of thiocarbonyl (C=S) groups is 1. The fourth-order valence-corrected chi connectivity index (χ4v) is 1.86. The summed E-state index contributed by atoms with van der Waals surface area (Å²) in [6, 6.07) is 14.0. The molecule has 0 atom stereocenters. The van der Waals surface area contributed by atoms with E-state index in [0.717, 1.165) is 11.4 Å². The van der Waals surface area contributed by atoms with Crippen LogP contribution in [0.4, 0.5) is 17.1 Å². The Labute approximate surface area is 122 Å². The molecule has 0 spiro atoms. The first-order valence-corrected chi connectivity index (χ1v) is 6.29. The van der Waals surface area contributed by atoms with Crippen LogP contribution in [-0.2, 0) is 0 Å². The van der Waals surface area contributed by atoms with Crippen LogP contribution >= 0.6 is 12.2 Å². The minimum absolute atomic E-state index is 0.433. The molecule has 2 aromatic carbocycles. The molecule has 0 saturated carbocycles. The molecular weight excluding hydrogens is 272 g/mol. The number of nitrogens with one attached hydrogen (secondary N) is 2. The van der Waals surface area contributed by atoms with Gasteiger partial charge in [0.2, 0.25) is 5.91 Å². The van der Waals surface area contributed by atoms with Gasteiger partial charge in [0.15, 0.2) is 5.11 Å². The summed E-state index contributed by atoms with van der Waals surface area (Å²) >= 11 is 5.19. The van der Waals surface area contributed by atoms with E-state index in [0.29, 0.717) is 16.4 Å². The maximum Gasteiger partial charge on any atom is 0.248 e. The summed E-state index contributed by atoms with van der Waals surface area (Å²) in [4.78, 5) is 11.0. The minimum atomic E-state index is -0.461. The summed E-state index contributed by atoms with van der Waals surface area (Å²) in [5.41, 5.74) is 13.5. The number of carbonyl (C=O) groups excluding carboxylic acids is 1. The van der Waals surface area contributed by atoms with Gasteiger partial charge in [0, 0.05) is 22.6 Å². The number of primary amides is 1. The quantitative estimate of drug-likeness (QED) is 0.512. The Balaban J connectivity index is 1.99. The molecule has 0 unspecified atom stereocenters. The Morgan fingerprint density at radius 2 is 1.65 bits per heavy atom. The molecule has 0 aliphatic rings. The molecule has 0 fully saturated rings. The van der Waals surface area contributed by atoms with Crippen molar-refractivity contribution in [1.82, 2.24) is 0 Å². The minimum Gasteiger partial charge on any atom is -0.399 e. The molecule has 0 aliphatic carbocycles. The topological polar surface area (TPSA) is 93.2 Å². The van der Waals surface area contributed by atoms with Crippen LogP contribution < -0.4 is 22.1 Å². The number of nitrogens with two attached hydrogens (primary N) is 2. The van der Waals surface area contributed by atoms with Gasteiger partial charge in [0.05, 0.1) is 0 Å². The third-order valence-corrected chi connectivity index (χ3v) is 2.78. The van der Waals surface area contributed by atoms with E-state index in [1.54, 1.807) is 36.4 Å². The lowest BCUT2D eigenvalue weighted by Gasteiger charge is -2.11. The van der Waals surface area contributed by atoms with Crippen molar-refractivity contribution >= 4 is 40.3 Å². The van der Waals surface area contributed by atoms with E-state index in [9.17, 15) is 4.79 Å². The SMILES string of the molecule is NC(=O)c1ccc(NC(=S)Nc2cccc(N)c2)cc1. The van der Waals surface area contributed by atoms with E-state index in [1.165, 1.54) is 0 Å². The molecule has 6 heteroatoms. The summed E-state index contributed by atoms with van der Waals surface area (Å²) in [7, 11) is 0. The first-order chi connectivity index (χ1) is 9.54. The van der Waals surface area contributed by atoms with Crippen LogP contribution in [0.3, 0.4) is 0 Å². The monoisotopic (exact) mass is 286 g/mol. The van der Waals surface area contributed by atoms with Gasteiger partial charge >= 0.3 is 0 Å². The van der Waals surface area contributed by atoms with E-state index in [-0.39, 0.29) is 0 Å². The highest BCUT2D eigenvalue weighted by atomic mass is 32.1. The van der Waals surface area contributed by atoms with Gasteiger partial charge in [-0.2, -0.15) is 0 Å². The van der Waals surface area contributed by atoms with Crippen LogP contribution in [0.1, 0.15) is 10.4 Å². The maximum absolute atomic E-state index is 11.0. The number of carbonyl (C=O) groups is 1. The largest absolute Gasteiger partial charge is 0.399 e. The zero-order valence-electron chi connectivity index (χ0n) is 10.6. The highest BCUT2D eigenvalue weighted by molar-refractivity contribution is 7.80. The van der Waals surface area contributed by atoms with Crippen molar-refractivity contribution in [3.8, 4) is 0 Å². The lowest BCUT2D eigenvalue weighted by molar-refractivity contribution is 0.100. The number of amides is 1. The second-order valence-electron chi connectivity index (χ2n) is 4.15. The molecule has 0 bridgehead atoms. The maximum atomic E-state index is 11.0. The highest BCUT2D eigenvalue weighted by Crippen LogP contribution is 2.13. The van der Waals surface area contributed by atoms with Crippen molar-refractivity contribution in [3.63, 3.8) is 0 Å². The Morgan fingerprint density at radius 1 is 1.00 bits per heavy atom. The van der Waals surface area contributed by atoms with Crippen molar-refractivity contribution < 1.29 is 4.79 Å². The van der Waals surface area contributed by atoms with E-state index in [4.69, 9.17) is 23.7 Å². The number of nitrogen functional groups attached to an aromatic ring is 1. The Morgan fingerprint density at radius 3 is 2.25 bits per heavy atom. The first kappa shape index (κ1) is 13.8. The second-order valence-corrected chi connectivity index (χ2v) is 4.55. The van der Waals surface area contributed by atoms with Crippen LogP contribution in [0.25, 0.3) is 0 Å². The van der Waals surface area contributed by atoms with Crippen molar-refractivity contribution in [2.24, 2.45) is 5.73 Å². The molecule has 20 heavy (non-hydrogen) atoms. The number of hydrogen-bond donors (Lipinski definition) is 4. The zero-order chi connectivity index (χ0) is 14.5. The van der Waals surface area contributed by atoms with E-state index in [2.05, 4.69) is 10.6 Å². The number of hydrogen-bond acceptors (Lipinski definition) is 3. The average Bonchev–Trinajstić information content (AvgIpc) is 2.39. The van der Waals surface area contributed by atoms with E-state index < -0.39 is 5.91 Å². The van der Waals surface area contributed by atoms with Gasteiger partial charge in [-0.3, -0.25) is 4.79 Å². The lowest BCUT2D eigenvalue weighted by atomic mass is 10.2. The highest BCUT2D eigenvalue weighted by Gasteiger charge is 2.02. The number of rotatable bonds is 3. The molecule has 102 valence electrons. The van der Waals surface area contributed by atoms with Crippen molar-refractivity contribution in [2.75, 3.05) is 16.4 Å². The fourth-order valence-electron chi connectivity index (χ4n) is 1.63. The second kappa shape index (κ2) is 6.03. The summed E-state index contributed by atoms with van der Waals surface area (Å²) < 4.78 is 0. The molecule has 2 rings (SSSR count). The van der Waals surface area contributed by atoms with Crippen LogP contribution in [0.15, 0.2) is 48.5 Å². The third kappa shape index (κ3) is 3.69. The third-order valence-electron chi connectivity index (χ3n) is 2.57. The average molecular weight is 286 g/mol. The van der Waals surface area contributed by atoms with Crippen LogP contribution in [0.5, 0.6) is 0 Å². The molecule has 0 aromatic heterocycles. The Bertz CT molecular complexity index is 640. The molecule has 0 saturated heterocycles. The van der Waals surface area contributed by atoms with Crippen LogP contribution in [0, 0.1) is 0 Å². The predicted octanol–water partition coefficient (Wildman–Crippen LogP) is 2.18. The summed E-state index contributed by atoms with van der Waals surface area (Å²) in [5, 5.41) is 6.45. The molecule has 5 nitrogen and oxygen atoms in total. The predicted molar refractivity (Wildman–Crippen MR) is 85.7 cm³/mol. The molecular formula is C14H14N4OS. The first-order valence-electron chi connectivity index (χ1n) is 5.88. The summed E-state index contributed by atoms with van der Waals surface area (Å²) in [6.45, 7) is 0. The van der Waals surface area contributed by atoms with Gasteiger partial charge in [-0.05, 0) is 54.7 Å². The van der Waals surface area contributed by atoms with Gasteiger partial charge in [-0.15, -0.1) is 0 Å². The normalized spacial score (nSPS) is 9.80. The Kier molecular flexibility index (Phi) is 4.17. The van der Waals surface area contributed by atoms with Crippen molar-refractivity contribution in [1.29, 1.82) is 0 Å². The van der Waals surface area contributed by atoms with Crippen LogP contribution in [-0.4, -0.2) is 11.0 Å². The van der Waals surface area contributed by atoms with Gasteiger partial charge in [0.25, 0.3) is 0 Å². The van der Waals surface area contributed by atoms with E-state index in [1.807, 2.05) is 12.1 Å². The smallest absolute Gasteiger partial charge is 0.248 e. The molecule has 2 aromatic rings. The standard InChI is InChI=1S/C14H14N4OS/c15-10-2-1-3-12(8-10)18-14(20)17-11-6-4-9(5-7-11)13(16)19/h1-8H,15H2,(H2,16,19)(H2,17,18,20). The van der Waals surface area contributed by atoms with Gasteiger partial charge in [-0.25, -0.2) is 0 Å². The number of benzene rings is 2. The van der Waals surface area contributed by atoms with Gasteiger partial charge in [-0.1, -0.05) is 6.07 Å². The molecule has 0 radical (unpaired) electrons. The lowest BCUT2D eigenvalue weighted by Crippen LogP contribution is -2.19. The van der Waals surface area contributed by atoms with Crippen molar-refractivity contribution in [3.05, 3.63) is 54.1 Å². The van der Waals surface area contributed by atoms with E-state index >= 15 is 0 Å². The molecule has 0 heterocycles. The summed E-state index contributed by atoms with van der Waals surface area (Å²) in [5.74, 6) is -0.461. The fraction of sp³-hybridized carbons (Fsp3) is 0. The summed E-state index contributed by atoms with van der Waals surface area (Å²) in [6.07, 6.45) is 0.